The Labute approximate surface area is 146 Å². The predicted molar refractivity (Wildman–Crippen MR) is 94.7 cm³/mol. The maximum atomic E-state index is 11.4. The molecule has 0 radical (unpaired) electrons. The standard InChI is InChI=1S/C20H33NO3/c1-14-10-15(2)20(12-23-17(4)22)13-24-18(19(14)16(20)3)11-21-8-6-5-7-9-21/h10,15-16,18-19H,5-9,11-13H2,1-4H3/t15-,16+,18+,19+,20-/m0/s1. The lowest BCUT2D eigenvalue weighted by atomic mass is 9.56. The number of allylic oxidation sites excluding steroid dienone is 1. The third-order valence-electron chi connectivity index (χ3n) is 6.79. The van der Waals surface area contributed by atoms with Gasteiger partial charge in [0.15, 0.2) is 0 Å². The Bertz CT molecular complexity index is 497. The minimum Gasteiger partial charge on any atom is -0.465 e. The number of hydrogen-bond acceptors (Lipinski definition) is 4. The summed E-state index contributed by atoms with van der Waals surface area (Å²) in [6.07, 6.45) is 6.67. The molecule has 5 atom stereocenters. The average Bonchev–Trinajstić information content (AvgIpc) is 2.54. The van der Waals surface area contributed by atoms with Gasteiger partial charge in [0.05, 0.1) is 19.3 Å². The summed E-state index contributed by atoms with van der Waals surface area (Å²) in [7, 11) is 0. The Morgan fingerprint density at radius 1 is 1.33 bits per heavy atom. The fourth-order valence-corrected chi connectivity index (χ4v) is 5.19. The molecule has 0 aromatic rings. The number of esters is 1. The van der Waals surface area contributed by atoms with Crippen molar-refractivity contribution in [1.82, 2.24) is 4.90 Å². The van der Waals surface area contributed by atoms with Gasteiger partial charge in [0, 0.05) is 24.8 Å². The first-order chi connectivity index (χ1) is 11.4. The van der Waals surface area contributed by atoms with Crippen LogP contribution >= 0.6 is 0 Å². The monoisotopic (exact) mass is 335 g/mol. The summed E-state index contributed by atoms with van der Waals surface area (Å²) in [5.41, 5.74) is 1.38. The van der Waals surface area contributed by atoms with Crippen LogP contribution in [0.15, 0.2) is 11.6 Å². The van der Waals surface area contributed by atoms with Crippen molar-refractivity contribution in [2.24, 2.45) is 23.2 Å². The van der Waals surface area contributed by atoms with E-state index < -0.39 is 0 Å². The van der Waals surface area contributed by atoms with E-state index in [4.69, 9.17) is 9.47 Å². The number of rotatable bonds is 4. The minimum atomic E-state index is -0.193. The molecule has 2 aliphatic heterocycles. The lowest BCUT2D eigenvalue weighted by molar-refractivity contribution is -0.182. The molecule has 24 heavy (non-hydrogen) atoms. The molecule has 2 bridgehead atoms. The molecule has 0 spiro atoms. The highest BCUT2D eigenvalue weighted by Gasteiger charge is 2.54. The van der Waals surface area contributed by atoms with Crippen LogP contribution < -0.4 is 0 Å². The van der Waals surface area contributed by atoms with Crippen LogP contribution in [0, 0.1) is 23.2 Å². The number of nitrogens with zero attached hydrogens (tertiary/aromatic N) is 1. The van der Waals surface area contributed by atoms with Crippen LogP contribution in [0.25, 0.3) is 0 Å². The number of ether oxygens (including phenoxy) is 2. The molecule has 2 heterocycles. The number of carbonyl (C=O) groups is 1. The maximum Gasteiger partial charge on any atom is 0.302 e. The van der Waals surface area contributed by atoms with Crippen molar-refractivity contribution in [3.63, 3.8) is 0 Å². The van der Waals surface area contributed by atoms with Gasteiger partial charge in [-0.25, -0.2) is 0 Å². The summed E-state index contributed by atoms with van der Waals surface area (Å²) in [6, 6.07) is 0. The van der Waals surface area contributed by atoms with Gasteiger partial charge < -0.3 is 14.4 Å². The molecule has 3 aliphatic rings. The minimum absolute atomic E-state index is 0.0752. The molecule has 4 heteroatoms. The van der Waals surface area contributed by atoms with Gasteiger partial charge in [-0.05, 0) is 44.7 Å². The summed E-state index contributed by atoms with van der Waals surface area (Å²) in [4.78, 5) is 13.9. The normalized spacial score (nSPS) is 40.1. The molecule has 0 N–H and O–H groups in total. The SMILES string of the molecule is CC(=O)OC[C@]12CO[C@H](CN3CCCCC3)[C@H](C(C)=C[C@@H]1C)[C@H]2C. The van der Waals surface area contributed by atoms with Crippen LogP contribution in [-0.2, 0) is 14.3 Å². The molecule has 0 amide bonds. The first-order valence-corrected chi connectivity index (χ1v) is 9.59. The van der Waals surface area contributed by atoms with Gasteiger partial charge in [-0.15, -0.1) is 0 Å². The van der Waals surface area contributed by atoms with E-state index in [2.05, 4.69) is 31.7 Å². The number of likely N-dealkylation sites (tertiary alicyclic amines) is 1. The lowest BCUT2D eigenvalue weighted by Crippen LogP contribution is -2.58. The van der Waals surface area contributed by atoms with Crippen molar-refractivity contribution in [3.8, 4) is 0 Å². The van der Waals surface area contributed by atoms with E-state index in [-0.39, 0.29) is 17.5 Å². The summed E-state index contributed by atoms with van der Waals surface area (Å²) >= 11 is 0. The van der Waals surface area contributed by atoms with Gasteiger partial charge in [0.25, 0.3) is 0 Å². The van der Waals surface area contributed by atoms with Gasteiger partial charge in [-0.2, -0.15) is 0 Å². The molecule has 0 saturated carbocycles. The van der Waals surface area contributed by atoms with Gasteiger partial charge in [0.1, 0.15) is 0 Å². The van der Waals surface area contributed by atoms with Gasteiger partial charge >= 0.3 is 5.97 Å². The first kappa shape index (κ1) is 17.9. The van der Waals surface area contributed by atoms with Crippen molar-refractivity contribution in [3.05, 3.63) is 11.6 Å². The summed E-state index contributed by atoms with van der Waals surface area (Å²) in [5.74, 6) is 1.09. The highest BCUT2D eigenvalue weighted by molar-refractivity contribution is 5.65. The van der Waals surface area contributed by atoms with Crippen molar-refractivity contribution in [2.75, 3.05) is 32.8 Å². The Kier molecular flexibility index (Phi) is 5.36. The fourth-order valence-electron chi connectivity index (χ4n) is 5.19. The topological polar surface area (TPSA) is 38.8 Å². The fraction of sp³-hybridized carbons (Fsp3) is 0.850. The predicted octanol–water partition coefficient (Wildman–Crippen LogP) is 3.27. The van der Waals surface area contributed by atoms with Gasteiger partial charge in [-0.3, -0.25) is 4.79 Å². The van der Waals surface area contributed by atoms with E-state index in [1.54, 1.807) is 0 Å². The molecule has 1 aliphatic carbocycles. The van der Waals surface area contributed by atoms with Crippen LogP contribution in [0.1, 0.15) is 47.0 Å². The smallest absolute Gasteiger partial charge is 0.302 e. The lowest BCUT2D eigenvalue weighted by Gasteiger charge is -2.55. The third kappa shape index (κ3) is 3.28. The second kappa shape index (κ2) is 7.17. The number of carbonyl (C=O) groups excluding carboxylic acids is 1. The van der Waals surface area contributed by atoms with E-state index >= 15 is 0 Å². The van der Waals surface area contributed by atoms with E-state index in [0.29, 0.717) is 31.0 Å². The number of fused-ring (bicyclic) bond motifs is 2. The second-order valence-electron chi connectivity index (χ2n) is 8.24. The molecular formula is C20H33NO3. The molecule has 0 aromatic heterocycles. The zero-order valence-electron chi connectivity index (χ0n) is 15.7. The summed E-state index contributed by atoms with van der Waals surface area (Å²) < 4.78 is 11.9. The van der Waals surface area contributed by atoms with E-state index in [0.717, 1.165) is 6.54 Å². The second-order valence-corrected chi connectivity index (χ2v) is 8.24. The Hall–Kier alpha value is -0.870. The molecule has 2 fully saturated rings. The molecule has 136 valence electrons. The highest BCUT2D eigenvalue weighted by atomic mass is 16.5. The summed E-state index contributed by atoms with van der Waals surface area (Å²) in [5, 5.41) is 0. The number of hydrogen-bond donors (Lipinski definition) is 0. The molecule has 0 aromatic carbocycles. The van der Waals surface area contributed by atoms with Crippen molar-refractivity contribution in [1.29, 1.82) is 0 Å². The van der Waals surface area contributed by atoms with Crippen LogP contribution in [0.4, 0.5) is 0 Å². The van der Waals surface area contributed by atoms with E-state index in [9.17, 15) is 4.79 Å². The van der Waals surface area contributed by atoms with Crippen molar-refractivity contribution in [2.45, 2.75) is 53.1 Å². The number of piperidine rings is 1. The van der Waals surface area contributed by atoms with Crippen molar-refractivity contribution >= 4 is 5.97 Å². The Morgan fingerprint density at radius 2 is 2.04 bits per heavy atom. The van der Waals surface area contributed by atoms with Crippen LogP contribution in [0.2, 0.25) is 0 Å². The zero-order valence-corrected chi connectivity index (χ0v) is 15.7. The molecule has 2 saturated heterocycles. The highest BCUT2D eigenvalue weighted by Crippen LogP contribution is 2.52. The molecular weight excluding hydrogens is 302 g/mol. The van der Waals surface area contributed by atoms with Crippen LogP contribution in [0.3, 0.4) is 0 Å². The van der Waals surface area contributed by atoms with E-state index in [1.165, 1.54) is 44.8 Å². The Balaban J connectivity index is 1.77. The third-order valence-corrected chi connectivity index (χ3v) is 6.79. The van der Waals surface area contributed by atoms with Crippen LogP contribution in [0.5, 0.6) is 0 Å². The maximum absolute atomic E-state index is 11.4. The zero-order chi connectivity index (χ0) is 17.3. The molecule has 4 nitrogen and oxygen atoms in total. The largest absolute Gasteiger partial charge is 0.465 e. The molecule has 3 rings (SSSR count). The first-order valence-electron chi connectivity index (χ1n) is 9.59. The van der Waals surface area contributed by atoms with Gasteiger partial charge in [-0.1, -0.05) is 31.9 Å². The molecule has 0 unspecified atom stereocenters. The Morgan fingerprint density at radius 3 is 2.71 bits per heavy atom. The van der Waals surface area contributed by atoms with Crippen LogP contribution in [-0.4, -0.2) is 49.8 Å². The van der Waals surface area contributed by atoms with Gasteiger partial charge in [0.2, 0.25) is 0 Å². The summed E-state index contributed by atoms with van der Waals surface area (Å²) in [6.45, 7) is 13.0. The van der Waals surface area contributed by atoms with Crippen molar-refractivity contribution < 1.29 is 14.3 Å². The average molecular weight is 335 g/mol. The quantitative estimate of drug-likeness (QED) is 0.584. The van der Waals surface area contributed by atoms with E-state index in [1.807, 2.05) is 0 Å².